The Hall–Kier alpha value is 0.610. The first-order valence-corrected chi connectivity index (χ1v) is 3.43. The number of nitrogens with zero attached hydrogens (tertiary/aromatic N) is 1. The molecule has 4 heteroatoms. The molecule has 0 aromatic heterocycles. The van der Waals surface area contributed by atoms with Crippen LogP contribution in [0.5, 0.6) is 0 Å². The number of aliphatic hydroxyl groups excluding tert-OH is 2. The van der Waals surface area contributed by atoms with Gasteiger partial charge in [0.2, 0.25) is 0 Å². The lowest BCUT2D eigenvalue weighted by atomic mass is 10.3. The molecule has 0 aliphatic carbocycles. The largest absolute Gasteiger partial charge is 0.389 e. The summed E-state index contributed by atoms with van der Waals surface area (Å²) in [5, 5.41) is 17.7. The molecule has 1 rings (SSSR count). The van der Waals surface area contributed by atoms with Crippen molar-refractivity contribution in [2.24, 2.45) is 0 Å². The second kappa shape index (κ2) is 2.47. The summed E-state index contributed by atoms with van der Waals surface area (Å²) in [6, 6.07) is 0. The number of hydrogen-bond acceptors (Lipinski definition) is 3. The average molecular weight is 229 g/mol. The van der Waals surface area contributed by atoms with Crippen molar-refractivity contribution in [2.45, 2.75) is 12.2 Å². The van der Waals surface area contributed by atoms with Crippen molar-refractivity contribution in [3.8, 4) is 0 Å². The minimum atomic E-state index is -0.535. The lowest BCUT2D eigenvalue weighted by Crippen LogP contribution is -2.22. The van der Waals surface area contributed by atoms with Crippen molar-refractivity contribution < 1.29 is 10.2 Å². The van der Waals surface area contributed by atoms with Gasteiger partial charge in [-0.1, -0.05) is 0 Å². The van der Waals surface area contributed by atoms with E-state index in [2.05, 4.69) is 22.9 Å². The van der Waals surface area contributed by atoms with Gasteiger partial charge < -0.3 is 10.2 Å². The molecule has 0 unspecified atom stereocenters. The minimum absolute atomic E-state index is 0.535. The Labute approximate surface area is 61.8 Å². The first-order valence-electron chi connectivity index (χ1n) is 2.47. The standard InChI is InChI=1S/C4H8INO2/c5-6-1-3(7)4(8)2-6/h3-4,7-8H,1-2H2/t3-,4+. The molecule has 0 aromatic carbocycles. The summed E-state index contributed by atoms with van der Waals surface area (Å²) in [6.45, 7) is 1.17. The van der Waals surface area contributed by atoms with Gasteiger partial charge in [0.1, 0.15) is 0 Å². The molecule has 2 atom stereocenters. The molecular weight excluding hydrogens is 221 g/mol. The van der Waals surface area contributed by atoms with Crippen LogP contribution in [0, 0.1) is 0 Å². The SMILES string of the molecule is O[C@@H]1CN(I)C[C@@H]1O. The molecule has 1 aliphatic rings. The molecule has 0 radical (unpaired) electrons. The van der Waals surface area contributed by atoms with E-state index in [1.165, 1.54) is 0 Å². The molecule has 1 fully saturated rings. The van der Waals surface area contributed by atoms with Gasteiger partial charge in [0, 0.05) is 36.0 Å². The van der Waals surface area contributed by atoms with Gasteiger partial charge in [-0.2, -0.15) is 0 Å². The highest BCUT2D eigenvalue weighted by Crippen LogP contribution is 2.13. The highest BCUT2D eigenvalue weighted by Gasteiger charge is 2.27. The summed E-state index contributed by atoms with van der Waals surface area (Å²) < 4.78 is 1.87. The maximum atomic E-state index is 8.87. The van der Waals surface area contributed by atoms with Gasteiger partial charge in [0.25, 0.3) is 0 Å². The van der Waals surface area contributed by atoms with Crippen molar-refractivity contribution in [1.82, 2.24) is 3.11 Å². The highest BCUT2D eigenvalue weighted by atomic mass is 127. The number of rotatable bonds is 0. The van der Waals surface area contributed by atoms with Crippen LogP contribution >= 0.6 is 22.9 Å². The third kappa shape index (κ3) is 1.31. The van der Waals surface area contributed by atoms with Gasteiger partial charge in [0.15, 0.2) is 0 Å². The van der Waals surface area contributed by atoms with Crippen LogP contribution in [0.25, 0.3) is 0 Å². The molecule has 8 heavy (non-hydrogen) atoms. The van der Waals surface area contributed by atoms with Gasteiger partial charge in [-0.3, -0.25) is 0 Å². The molecule has 48 valence electrons. The molecule has 0 bridgehead atoms. The fourth-order valence-electron chi connectivity index (χ4n) is 0.724. The van der Waals surface area contributed by atoms with E-state index in [9.17, 15) is 0 Å². The summed E-state index contributed by atoms with van der Waals surface area (Å²) in [7, 11) is 0. The summed E-state index contributed by atoms with van der Waals surface area (Å²) in [6.07, 6.45) is -1.07. The van der Waals surface area contributed by atoms with Crippen molar-refractivity contribution in [1.29, 1.82) is 0 Å². The predicted octanol–water partition coefficient (Wildman–Crippen LogP) is -0.626. The topological polar surface area (TPSA) is 43.7 Å². The molecule has 3 nitrogen and oxygen atoms in total. The van der Waals surface area contributed by atoms with Crippen LogP contribution in [0.3, 0.4) is 0 Å². The van der Waals surface area contributed by atoms with E-state index < -0.39 is 12.2 Å². The third-order valence-corrected chi connectivity index (χ3v) is 2.00. The fraction of sp³-hybridized carbons (Fsp3) is 1.00. The van der Waals surface area contributed by atoms with Crippen LogP contribution in [-0.4, -0.2) is 38.6 Å². The van der Waals surface area contributed by atoms with Crippen molar-refractivity contribution in [3.05, 3.63) is 0 Å². The van der Waals surface area contributed by atoms with Crippen molar-refractivity contribution >= 4 is 22.9 Å². The number of halogens is 1. The lowest BCUT2D eigenvalue weighted by Gasteiger charge is -2.01. The van der Waals surface area contributed by atoms with Crippen LogP contribution in [0.15, 0.2) is 0 Å². The summed E-state index contributed by atoms with van der Waals surface area (Å²) in [5.74, 6) is 0. The fourth-order valence-corrected chi connectivity index (χ4v) is 1.53. The maximum absolute atomic E-state index is 8.87. The molecule has 0 saturated carbocycles. The monoisotopic (exact) mass is 229 g/mol. The lowest BCUT2D eigenvalue weighted by molar-refractivity contribution is 0.0572. The normalized spacial score (nSPS) is 40.9. The summed E-state index contributed by atoms with van der Waals surface area (Å²) >= 11 is 2.08. The Bertz CT molecular complexity index is 80.1. The molecule has 0 spiro atoms. The first-order chi connectivity index (χ1) is 3.70. The summed E-state index contributed by atoms with van der Waals surface area (Å²) in [4.78, 5) is 0. The van der Waals surface area contributed by atoms with E-state index in [1.54, 1.807) is 0 Å². The van der Waals surface area contributed by atoms with E-state index >= 15 is 0 Å². The van der Waals surface area contributed by atoms with Crippen LogP contribution < -0.4 is 0 Å². The minimum Gasteiger partial charge on any atom is -0.389 e. The third-order valence-electron chi connectivity index (χ3n) is 1.21. The first kappa shape index (κ1) is 6.73. The number of hydrogen-bond donors (Lipinski definition) is 2. The van der Waals surface area contributed by atoms with Crippen LogP contribution in [-0.2, 0) is 0 Å². The van der Waals surface area contributed by atoms with E-state index in [-0.39, 0.29) is 0 Å². The zero-order valence-corrected chi connectivity index (χ0v) is 6.45. The summed E-state index contributed by atoms with van der Waals surface area (Å²) in [5.41, 5.74) is 0. The molecule has 0 amide bonds. The molecule has 0 aromatic rings. The molecular formula is C4H8INO2. The average Bonchev–Trinajstić information content (AvgIpc) is 1.85. The smallest absolute Gasteiger partial charge is 0.0946 e. The van der Waals surface area contributed by atoms with Gasteiger partial charge in [0.05, 0.1) is 12.2 Å². The zero-order chi connectivity index (χ0) is 6.15. The molecule has 1 aliphatic heterocycles. The van der Waals surface area contributed by atoms with Crippen molar-refractivity contribution in [2.75, 3.05) is 13.1 Å². The van der Waals surface area contributed by atoms with Crippen LogP contribution in [0.1, 0.15) is 0 Å². The van der Waals surface area contributed by atoms with E-state index in [0.717, 1.165) is 0 Å². The Morgan fingerprint density at radius 1 is 1.25 bits per heavy atom. The predicted molar refractivity (Wildman–Crippen MR) is 37.6 cm³/mol. The quantitative estimate of drug-likeness (QED) is 0.429. The van der Waals surface area contributed by atoms with Gasteiger partial charge in [-0.05, 0) is 0 Å². The highest BCUT2D eigenvalue weighted by molar-refractivity contribution is 14.1. The molecule has 1 saturated heterocycles. The van der Waals surface area contributed by atoms with Gasteiger partial charge in [-0.25, -0.2) is 3.11 Å². The Morgan fingerprint density at radius 3 is 1.75 bits per heavy atom. The van der Waals surface area contributed by atoms with Crippen LogP contribution in [0.4, 0.5) is 0 Å². The van der Waals surface area contributed by atoms with Gasteiger partial charge >= 0.3 is 0 Å². The maximum Gasteiger partial charge on any atom is 0.0946 e. The van der Waals surface area contributed by atoms with Gasteiger partial charge in [-0.15, -0.1) is 0 Å². The van der Waals surface area contributed by atoms with E-state index in [0.29, 0.717) is 13.1 Å². The van der Waals surface area contributed by atoms with E-state index in [1.807, 2.05) is 3.11 Å². The number of β-amino-alcohol motifs (C(OH)–C–C–N with tert-alkyl or cyclic N) is 2. The van der Waals surface area contributed by atoms with Crippen LogP contribution in [0.2, 0.25) is 0 Å². The van der Waals surface area contributed by atoms with Crippen molar-refractivity contribution in [3.63, 3.8) is 0 Å². The second-order valence-electron chi connectivity index (χ2n) is 1.96. The Morgan fingerprint density at radius 2 is 1.62 bits per heavy atom. The Balaban J connectivity index is 2.39. The number of aliphatic hydroxyl groups is 2. The Kier molecular flexibility index (Phi) is 2.07. The molecule has 1 heterocycles. The van der Waals surface area contributed by atoms with E-state index in [4.69, 9.17) is 10.2 Å². The molecule has 2 N–H and O–H groups in total. The second-order valence-corrected chi connectivity index (χ2v) is 3.33. The zero-order valence-electron chi connectivity index (χ0n) is 4.29.